The Morgan fingerprint density at radius 1 is 0.750 bits per heavy atom. The van der Waals surface area contributed by atoms with Crippen LogP contribution in [0.25, 0.3) is 0 Å². The van der Waals surface area contributed by atoms with Gasteiger partial charge in [-0.25, -0.2) is 0 Å². The second kappa shape index (κ2) is 9.17. The van der Waals surface area contributed by atoms with Crippen LogP contribution in [0, 0.1) is 0 Å². The van der Waals surface area contributed by atoms with Gasteiger partial charge in [0.1, 0.15) is 0 Å². The fourth-order valence-electron chi connectivity index (χ4n) is 4.24. The first kappa shape index (κ1) is 19.6. The molecule has 5 heteroatoms. The summed E-state index contributed by atoms with van der Waals surface area (Å²) in [5, 5.41) is 0.800. The van der Waals surface area contributed by atoms with Gasteiger partial charge in [-0.15, -0.1) is 0 Å². The molecule has 0 aromatic heterocycles. The molecule has 0 saturated carbocycles. The van der Waals surface area contributed by atoms with Crippen LogP contribution in [-0.2, 0) is 6.54 Å². The van der Waals surface area contributed by atoms with Gasteiger partial charge in [0.15, 0.2) is 0 Å². The highest BCUT2D eigenvalue weighted by Crippen LogP contribution is 2.33. The van der Waals surface area contributed by atoms with E-state index in [9.17, 15) is 0 Å². The molecule has 150 valence electrons. The molecule has 2 aromatic rings. The average molecular weight is 399 g/mol. The largest absolute Gasteiger partial charge is 0.368 e. The minimum Gasteiger partial charge on any atom is -0.368 e. The molecule has 0 N–H and O–H groups in total. The van der Waals surface area contributed by atoms with Crippen LogP contribution in [0.2, 0.25) is 5.02 Å². The molecule has 0 radical (unpaired) electrons. The fraction of sp³-hybridized carbons (Fsp3) is 0.478. The average Bonchev–Trinajstić information content (AvgIpc) is 2.72. The van der Waals surface area contributed by atoms with E-state index in [-0.39, 0.29) is 0 Å². The van der Waals surface area contributed by atoms with E-state index in [1.54, 1.807) is 0 Å². The molecule has 0 atom stereocenters. The Balaban J connectivity index is 1.36. The molecular weight excluding hydrogens is 368 g/mol. The van der Waals surface area contributed by atoms with Crippen molar-refractivity contribution in [3.8, 4) is 0 Å². The summed E-state index contributed by atoms with van der Waals surface area (Å²) < 4.78 is 0. The molecule has 2 aromatic carbocycles. The number of halogens is 1. The number of hydrogen-bond acceptors (Lipinski definition) is 4. The number of hydrogen-bond donors (Lipinski definition) is 0. The summed E-state index contributed by atoms with van der Waals surface area (Å²) in [6.07, 6.45) is 1.23. The van der Waals surface area contributed by atoms with Gasteiger partial charge in [0.2, 0.25) is 0 Å². The maximum absolute atomic E-state index is 6.04. The maximum atomic E-state index is 6.04. The van der Waals surface area contributed by atoms with Gasteiger partial charge in [0, 0.05) is 57.4 Å². The molecule has 0 amide bonds. The van der Waals surface area contributed by atoms with Crippen molar-refractivity contribution in [1.82, 2.24) is 9.80 Å². The van der Waals surface area contributed by atoms with E-state index in [1.165, 1.54) is 56.1 Å². The highest BCUT2D eigenvalue weighted by Gasteiger charge is 2.22. The summed E-state index contributed by atoms with van der Waals surface area (Å²) in [7, 11) is 2.22. The summed E-state index contributed by atoms with van der Waals surface area (Å²) in [5.41, 5.74) is 4.03. The van der Waals surface area contributed by atoms with Crippen molar-refractivity contribution in [2.45, 2.75) is 13.0 Å². The topological polar surface area (TPSA) is 13.0 Å². The predicted molar refractivity (Wildman–Crippen MR) is 120 cm³/mol. The van der Waals surface area contributed by atoms with Gasteiger partial charge in [0.25, 0.3) is 0 Å². The molecule has 4 nitrogen and oxygen atoms in total. The van der Waals surface area contributed by atoms with Gasteiger partial charge < -0.3 is 19.6 Å². The summed E-state index contributed by atoms with van der Waals surface area (Å²) in [5.74, 6) is 0. The standard InChI is InChI=1S/C23H31ClN4/c1-25-13-15-26(16-14-25)11-4-12-27-17-18-28(23-6-3-2-5-22(23)27)19-20-7-9-21(24)10-8-20/h2-3,5-10H,4,11-19H2,1H3. The normalized spacial score (nSPS) is 18.4. The summed E-state index contributed by atoms with van der Waals surface area (Å²) in [6.45, 7) is 10.3. The monoisotopic (exact) mass is 398 g/mol. The number of benzene rings is 2. The molecule has 0 aliphatic carbocycles. The Kier molecular flexibility index (Phi) is 6.40. The van der Waals surface area contributed by atoms with E-state index in [2.05, 4.69) is 63.0 Å². The Hall–Kier alpha value is -1.75. The number of likely N-dealkylation sites (N-methyl/N-ethyl adjacent to an activating group) is 1. The first-order chi connectivity index (χ1) is 13.7. The van der Waals surface area contributed by atoms with E-state index >= 15 is 0 Å². The third-order valence-corrected chi connectivity index (χ3v) is 6.24. The van der Waals surface area contributed by atoms with Crippen molar-refractivity contribution >= 4 is 23.0 Å². The zero-order valence-electron chi connectivity index (χ0n) is 16.9. The Labute approximate surface area is 174 Å². The first-order valence-electron chi connectivity index (χ1n) is 10.4. The number of para-hydroxylation sites is 2. The number of fused-ring (bicyclic) bond motifs is 1. The lowest BCUT2D eigenvalue weighted by Crippen LogP contribution is -2.46. The lowest BCUT2D eigenvalue weighted by atomic mass is 10.1. The number of nitrogens with zero attached hydrogens (tertiary/aromatic N) is 4. The van der Waals surface area contributed by atoms with Crippen molar-refractivity contribution in [3.63, 3.8) is 0 Å². The zero-order chi connectivity index (χ0) is 19.3. The van der Waals surface area contributed by atoms with Gasteiger partial charge >= 0.3 is 0 Å². The Bertz CT molecular complexity index is 755. The van der Waals surface area contributed by atoms with E-state index in [4.69, 9.17) is 11.6 Å². The van der Waals surface area contributed by atoms with Gasteiger partial charge in [-0.1, -0.05) is 35.9 Å². The van der Waals surface area contributed by atoms with Crippen molar-refractivity contribution in [3.05, 3.63) is 59.1 Å². The second-order valence-electron chi connectivity index (χ2n) is 8.02. The third kappa shape index (κ3) is 4.80. The quantitative estimate of drug-likeness (QED) is 0.733. The molecule has 0 bridgehead atoms. The zero-order valence-corrected chi connectivity index (χ0v) is 17.6. The number of rotatable bonds is 6. The van der Waals surface area contributed by atoms with Crippen LogP contribution in [0.5, 0.6) is 0 Å². The first-order valence-corrected chi connectivity index (χ1v) is 10.8. The molecule has 2 aliphatic rings. The van der Waals surface area contributed by atoms with Crippen LogP contribution >= 0.6 is 11.6 Å². The molecule has 0 spiro atoms. The fourth-order valence-corrected chi connectivity index (χ4v) is 4.37. The lowest BCUT2D eigenvalue weighted by Gasteiger charge is -2.39. The molecule has 4 rings (SSSR count). The number of anilines is 2. The smallest absolute Gasteiger partial charge is 0.0607 e. The molecular formula is C23H31ClN4. The Morgan fingerprint density at radius 3 is 2.11 bits per heavy atom. The molecule has 28 heavy (non-hydrogen) atoms. The van der Waals surface area contributed by atoms with Crippen LogP contribution < -0.4 is 9.80 Å². The summed E-state index contributed by atoms with van der Waals surface area (Å²) in [4.78, 5) is 10.1. The van der Waals surface area contributed by atoms with Crippen molar-refractivity contribution < 1.29 is 0 Å². The summed E-state index contributed by atoms with van der Waals surface area (Å²) in [6, 6.07) is 17.1. The highest BCUT2D eigenvalue weighted by atomic mass is 35.5. The van der Waals surface area contributed by atoms with Crippen LogP contribution in [0.3, 0.4) is 0 Å². The van der Waals surface area contributed by atoms with Crippen molar-refractivity contribution in [2.24, 2.45) is 0 Å². The highest BCUT2D eigenvalue weighted by molar-refractivity contribution is 6.30. The minimum absolute atomic E-state index is 0.800. The molecule has 2 aliphatic heterocycles. The van der Waals surface area contributed by atoms with Gasteiger partial charge in [0.05, 0.1) is 11.4 Å². The van der Waals surface area contributed by atoms with Crippen molar-refractivity contribution in [2.75, 3.05) is 69.2 Å². The van der Waals surface area contributed by atoms with Crippen LogP contribution in [0.4, 0.5) is 11.4 Å². The SMILES string of the molecule is CN1CCN(CCCN2CCN(Cc3ccc(Cl)cc3)c3ccccc32)CC1. The van der Waals surface area contributed by atoms with E-state index < -0.39 is 0 Å². The Morgan fingerprint density at radius 2 is 1.39 bits per heavy atom. The number of piperazine rings is 1. The van der Waals surface area contributed by atoms with E-state index in [0.29, 0.717) is 0 Å². The molecule has 2 heterocycles. The van der Waals surface area contributed by atoms with Crippen molar-refractivity contribution in [1.29, 1.82) is 0 Å². The molecule has 0 unspecified atom stereocenters. The van der Waals surface area contributed by atoms with Gasteiger partial charge in [-0.3, -0.25) is 0 Å². The third-order valence-electron chi connectivity index (χ3n) is 5.99. The van der Waals surface area contributed by atoms with Crippen LogP contribution in [0.15, 0.2) is 48.5 Å². The van der Waals surface area contributed by atoms with E-state index in [1.807, 2.05) is 12.1 Å². The maximum Gasteiger partial charge on any atom is 0.0607 e. The van der Waals surface area contributed by atoms with Gasteiger partial charge in [-0.2, -0.15) is 0 Å². The lowest BCUT2D eigenvalue weighted by molar-refractivity contribution is 0.153. The van der Waals surface area contributed by atoms with Crippen LogP contribution in [0.1, 0.15) is 12.0 Å². The van der Waals surface area contributed by atoms with E-state index in [0.717, 1.165) is 31.2 Å². The minimum atomic E-state index is 0.800. The second-order valence-corrected chi connectivity index (χ2v) is 8.46. The summed E-state index contributed by atoms with van der Waals surface area (Å²) >= 11 is 6.04. The van der Waals surface area contributed by atoms with Crippen LogP contribution in [-0.4, -0.2) is 69.2 Å². The molecule has 1 fully saturated rings. The predicted octanol–water partition coefficient (Wildman–Crippen LogP) is 3.80. The van der Waals surface area contributed by atoms with Gasteiger partial charge in [-0.05, 0) is 49.8 Å². The molecule has 1 saturated heterocycles.